The molecule has 130 valence electrons. The number of halogens is 1. The van der Waals surface area contributed by atoms with Gasteiger partial charge in [0.2, 0.25) is 5.41 Å². The fourth-order valence-electron chi connectivity index (χ4n) is 4.00. The Balaban J connectivity index is 2.28. The van der Waals surface area contributed by atoms with Crippen LogP contribution in [-0.2, 0) is 0 Å². The molecule has 1 aliphatic carbocycles. The van der Waals surface area contributed by atoms with Gasteiger partial charge in [0.15, 0.2) is 0 Å². The number of likely N-dealkylation sites (N-methyl/N-ethyl adjacent to an activating group) is 1. The van der Waals surface area contributed by atoms with Gasteiger partial charge in [-0.1, -0.05) is 25.1 Å². The summed E-state index contributed by atoms with van der Waals surface area (Å²) in [5, 5.41) is 29.3. The van der Waals surface area contributed by atoms with Crippen LogP contribution in [0, 0.1) is 51.1 Å². The summed E-state index contributed by atoms with van der Waals surface area (Å²) in [4.78, 5) is 2.18. The van der Waals surface area contributed by atoms with Gasteiger partial charge in [-0.3, -0.25) is 4.90 Å². The molecule has 0 fully saturated rings. The first-order valence-electron chi connectivity index (χ1n) is 8.43. The van der Waals surface area contributed by atoms with Crippen LogP contribution in [0.1, 0.15) is 18.4 Å². The number of rotatable bonds is 2. The molecule has 2 N–H and O–H groups in total. The van der Waals surface area contributed by atoms with Crippen LogP contribution in [0.15, 0.2) is 47.2 Å². The molecule has 1 aromatic carbocycles. The van der Waals surface area contributed by atoms with E-state index in [4.69, 9.17) is 5.73 Å². The molecule has 26 heavy (non-hydrogen) atoms. The molecule has 2 aliphatic rings. The number of nitriles is 3. The lowest BCUT2D eigenvalue weighted by molar-refractivity contribution is 0.234. The summed E-state index contributed by atoms with van der Waals surface area (Å²) in [6.45, 7) is 4.07. The number of allylic oxidation sites excluding steroid dienone is 2. The van der Waals surface area contributed by atoms with Gasteiger partial charge < -0.3 is 5.73 Å². The predicted octanol–water partition coefficient (Wildman–Crippen LogP) is 2.57. The summed E-state index contributed by atoms with van der Waals surface area (Å²) in [5.41, 5.74) is 6.21. The minimum atomic E-state index is -1.62. The van der Waals surface area contributed by atoms with Crippen LogP contribution in [0.3, 0.4) is 0 Å². The summed E-state index contributed by atoms with van der Waals surface area (Å²) in [5.74, 6) is -1.01. The van der Waals surface area contributed by atoms with Gasteiger partial charge >= 0.3 is 0 Å². The van der Waals surface area contributed by atoms with Crippen LogP contribution < -0.4 is 5.73 Å². The van der Waals surface area contributed by atoms with E-state index in [1.54, 1.807) is 12.1 Å². The Morgan fingerprint density at radius 3 is 2.42 bits per heavy atom. The molecule has 0 radical (unpaired) electrons. The lowest BCUT2D eigenvalue weighted by atomic mass is 9.60. The van der Waals surface area contributed by atoms with Crippen LogP contribution in [0.4, 0.5) is 4.39 Å². The topological polar surface area (TPSA) is 101 Å². The average molecular weight is 347 g/mol. The van der Waals surface area contributed by atoms with Crippen molar-refractivity contribution >= 4 is 0 Å². The molecule has 2 atom stereocenters. The van der Waals surface area contributed by atoms with Gasteiger partial charge in [0.05, 0.1) is 29.5 Å². The molecule has 1 aliphatic heterocycles. The van der Waals surface area contributed by atoms with Crippen LogP contribution in [0.25, 0.3) is 0 Å². The van der Waals surface area contributed by atoms with Gasteiger partial charge in [-0.25, -0.2) is 4.39 Å². The van der Waals surface area contributed by atoms with Crippen molar-refractivity contribution in [2.24, 2.45) is 17.1 Å². The molecule has 6 heteroatoms. The Hall–Kier alpha value is -3.14. The first-order chi connectivity index (χ1) is 12.5. The maximum absolute atomic E-state index is 13.4. The Kier molecular flexibility index (Phi) is 4.51. The minimum Gasteiger partial charge on any atom is -0.399 e. The van der Waals surface area contributed by atoms with E-state index < -0.39 is 11.3 Å². The number of fused-ring (bicyclic) bond motifs is 1. The van der Waals surface area contributed by atoms with Crippen molar-refractivity contribution in [1.29, 1.82) is 15.8 Å². The van der Waals surface area contributed by atoms with Gasteiger partial charge in [-0.2, -0.15) is 15.8 Å². The second kappa shape index (κ2) is 6.64. The summed E-state index contributed by atoms with van der Waals surface area (Å²) in [6, 6.07) is 12.2. The van der Waals surface area contributed by atoms with Crippen LogP contribution in [0.5, 0.6) is 0 Å². The molecule has 0 amide bonds. The first-order valence-corrected chi connectivity index (χ1v) is 8.43. The first kappa shape index (κ1) is 17.7. The highest BCUT2D eigenvalue weighted by molar-refractivity contribution is 5.58. The van der Waals surface area contributed by atoms with Gasteiger partial charge in [-0.15, -0.1) is 0 Å². The maximum Gasteiger partial charge on any atom is 0.204 e. The van der Waals surface area contributed by atoms with Gasteiger partial charge in [-0.05, 0) is 29.8 Å². The lowest BCUT2D eigenvalue weighted by Gasteiger charge is -2.44. The number of nitrogens with zero attached hydrogens (tertiary/aromatic N) is 4. The highest BCUT2D eigenvalue weighted by Gasteiger charge is 2.52. The second-order valence-corrected chi connectivity index (χ2v) is 6.56. The normalized spacial score (nSPS) is 24.7. The van der Waals surface area contributed by atoms with E-state index in [2.05, 4.69) is 23.1 Å². The number of hydrogen-bond donors (Lipinski definition) is 1. The quantitative estimate of drug-likeness (QED) is 0.829. The molecule has 0 saturated heterocycles. The number of benzene rings is 1. The zero-order valence-corrected chi connectivity index (χ0v) is 14.4. The monoisotopic (exact) mass is 347 g/mol. The van der Waals surface area contributed by atoms with E-state index in [-0.39, 0.29) is 23.0 Å². The highest BCUT2D eigenvalue weighted by atomic mass is 19.1. The third kappa shape index (κ3) is 2.46. The maximum atomic E-state index is 13.4. The van der Waals surface area contributed by atoms with Crippen molar-refractivity contribution in [1.82, 2.24) is 4.90 Å². The van der Waals surface area contributed by atoms with Gasteiger partial charge in [0.25, 0.3) is 0 Å². The van der Waals surface area contributed by atoms with Crippen LogP contribution in [-0.4, -0.2) is 24.5 Å². The molecular formula is C20H18FN5. The Bertz CT molecular complexity index is 893. The average Bonchev–Trinajstić information content (AvgIpc) is 2.68. The molecule has 3 rings (SSSR count). The van der Waals surface area contributed by atoms with Crippen molar-refractivity contribution < 1.29 is 4.39 Å². The lowest BCUT2D eigenvalue weighted by Crippen LogP contribution is -2.47. The molecule has 5 nitrogen and oxygen atoms in total. The van der Waals surface area contributed by atoms with Gasteiger partial charge in [0, 0.05) is 24.9 Å². The number of hydrogen-bond acceptors (Lipinski definition) is 5. The third-order valence-corrected chi connectivity index (χ3v) is 5.40. The summed E-state index contributed by atoms with van der Waals surface area (Å²) >= 11 is 0. The van der Waals surface area contributed by atoms with E-state index in [0.29, 0.717) is 18.7 Å². The summed E-state index contributed by atoms with van der Waals surface area (Å²) in [6.07, 6.45) is 1.89. The Labute approximate surface area is 152 Å². The van der Waals surface area contributed by atoms with Crippen molar-refractivity contribution in [2.75, 3.05) is 19.6 Å². The molecule has 0 bridgehead atoms. The van der Waals surface area contributed by atoms with E-state index in [9.17, 15) is 20.2 Å². The predicted molar refractivity (Wildman–Crippen MR) is 93.3 cm³/mol. The van der Waals surface area contributed by atoms with E-state index in [0.717, 1.165) is 12.1 Å². The Morgan fingerprint density at radius 2 is 1.88 bits per heavy atom. The van der Waals surface area contributed by atoms with Crippen LogP contribution in [0.2, 0.25) is 0 Å². The highest BCUT2D eigenvalue weighted by Crippen LogP contribution is 2.52. The van der Waals surface area contributed by atoms with Crippen molar-refractivity contribution in [2.45, 2.75) is 12.8 Å². The minimum absolute atomic E-state index is 0.00762. The molecule has 0 unspecified atom stereocenters. The molecule has 1 heterocycles. The molecular weight excluding hydrogens is 329 g/mol. The fraction of sp³-hybridized carbons (Fsp3) is 0.350. The SMILES string of the molecule is CCN1CC=C2[C@H](C1)[C@@H](c1ccc(F)cc1)C(C#N)=C(N)C2(C#N)C#N. The Morgan fingerprint density at radius 1 is 1.23 bits per heavy atom. The largest absolute Gasteiger partial charge is 0.399 e. The summed E-state index contributed by atoms with van der Waals surface area (Å²) < 4.78 is 13.4. The molecule has 1 aromatic rings. The van der Waals surface area contributed by atoms with Gasteiger partial charge in [0.1, 0.15) is 5.82 Å². The molecule has 0 spiro atoms. The van der Waals surface area contributed by atoms with Crippen molar-refractivity contribution in [3.63, 3.8) is 0 Å². The smallest absolute Gasteiger partial charge is 0.204 e. The fourth-order valence-corrected chi connectivity index (χ4v) is 4.00. The molecule has 0 saturated carbocycles. The third-order valence-electron chi connectivity index (χ3n) is 5.40. The van der Waals surface area contributed by atoms with E-state index in [1.807, 2.05) is 13.0 Å². The van der Waals surface area contributed by atoms with Crippen LogP contribution >= 0.6 is 0 Å². The zero-order valence-electron chi connectivity index (χ0n) is 14.4. The standard InChI is InChI=1S/C20H18FN5/c1-2-26-8-7-17-16(10-26)18(13-3-5-14(21)6-4-13)15(9-22)19(25)20(17,11-23)12-24/h3-7,16,18H,2,8,10,25H2,1H3/t16-,18-/m0/s1. The molecule has 0 aromatic heterocycles. The summed E-state index contributed by atoms with van der Waals surface area (Å²) in [7, 11) is 0. The van der Waals surface area contributed by atoms with Crippen molar-refractivity contribution in [3.05, 3.63) is 58.6 Å². The van der Waals surface area contributed by atoms with E-state index in [1.165, 1.54) is 12.1 Å². The second-order valence-electron chi connectivity index (χ2n) is 6.56. The zero-order chi connectivity index (χ0) is 18.9. The number of nitrogens with two attached hydrogens (primary N) is 1. The van der Waals surface area contributed by atoms with Crippen molar-refractivity contribution in [3.8, 4) is 18.2 Å². The van der Waals surface area contributed by atoms with E-state index >= 15 is 0 Å².